The fourth-order valence-electron chi connectivity index (χ4n) is 2.55. The van der Waals surface area contributed by atoms with Gasteiger partial charge in [0.1, 0.15) is 12.4 Å². The molecule has 1 fully saturated rings. The van der Waals surface area contributed by atoms with Gasteiger partial charge in [0.05, 0.1) is 5.41 Å². The first kappa shape index (κ1) is 14.8. The first-order valence-electron chi connectivity index (χ1n) is 6.98. The molecule has 0 radical (unpaired) electrons. The predicted molar refractivity (Wildman–Crippen MR) is 78.2 cm³/mol. The lowest BCUT2D eigenvalue weighted by Gasteiger charge is -2.21. The molecule has 1 saturated heterocycles. The molecule has 5 heteroatoms. The molecular weight excluding hydrogens is 254 g/mol. The Hall–Kier alpha value is -1.59. The zero-order valence-corrected chi connectivity index (χ0v) is 12.0. The van der Waals surface area contributed by atoms with Gasteiger partial charge in [0, 0.05) is 25.2 Å². The maximum atomic E-state index is 11.4. The lowest BCUT2D eigenvalue weighted by atomic mass is 9.89. The first-order chi connectivity index (χ1) is 9.55. The average molecular weight is 277 g/mol. The zero-order valence-electron chi connectivity index (χ0n) is 12.0. The van der Waals surface area contributed by atoms with Gasteiger partial charge in [0.2, 0.25) is 5.91 Å². The van der Waals surface area contributed by atoms with Crippen molar-refractivity contribution in [3.63, 3.8) is 0 Å². The lowest BCUT2D eigenvalue weighted by molar-refractivity contribution is -0.126. The Kier molecular flexibility index (Phi) is 4.62. The Morgan fingerprint density at radius 2 is 2.20 bits per heavy atom. The van der Waals surface area contributed by atoms with E-state index in [-0.39, 0.29) is 5.91 Å². The second kappa shape index (κ2) is 6.24. The van der Waals surface area contributed by atoms with Crippen LogP contribution < -0.4 is 16.2 Å². The summed E-state index contributed by atoms with van der Waals surface area (Å²) in [5, 5.41) is 0. The highest BCUT2D eigenvalue weighted by Crippen LogP contribution is 2.29. The molecule has 1 aliphatic heterocycles. The third-order valence-electron chi connectivity index (χ3n) is 4.00. The number of nitrogens with zero attached hydrogens (tertiary/aromatic N) is 1. The van der Waals surface area contributed by atoms with Crippen molar-refractivity contribution in [3.8, 4) is 5.75 Å². The van der Waals surface area contributed by atoms with Gasteiger partial charge in [-0.1, -0.05) is 18.2 Å². The zero-order chi connectivity index (χ0) is 14.6. The summed E-state index contributed by atoms with van der Waals surface area (Å²) in [6, 6.07) is 7.79. The maximum absolute atomic E-state index is 11.4. The molecule has 1 aromatic rings. The van der Waals surface area contributed by atoms with E-state index in [1.165, 1.54) is 0 Å². The van der Waals surface area contributed by atoms with Crippen LogP contribution >= 0.6 is 0 Å². The van der Waals surface area contributed by atoms with Crippen LogP contribution in [0.3, 0.4) is 0 Å². The molecule has 0 bridgehead atoms. The maximum Gasteiger partial charge on any atom is 0.224 e. The molecular formula is C15H23N3O2. The molecule has 1 aromatic carbocycles. The third kappa shape index (κ3) is 3.29. The molecule has 0 spiro atoms. The molecule has 0 saturated carbocycles. The van der Waals surface area contributed by atoms with Crippen LogP contribution in [0.1, 0.15) is 18.9 Å². The van der Waals surface area contributed by atoms with Crippen LogP contribution in [0.25, 0.3) is 0 Å². The standard InChI is InChI=1S/C15H23N3O2/c1-15(14(17)19)6-7-18(11-15)8-9-20-13-5-3-2-4-12(13)10-16/h2-5H,6-11,16H2,1H3,(H2,17,19). The molecule has 1 unspecified atom stereocenters. The number of rotatable bonds is 6. The van der Waals surface area contributed by atoms with Crippen molar-refractivity contribution in [1.82, 2.24) is 4.90 Å². The van der Waals surface area contributed by atoms with Gasteiger partial charge in [-0.15, -0.1) is 0 Å². The van der Waals surface area contributed by atoms with Crippen molar-refractivity contribution in [2.75, 3.05) is 26.2 Å². The van der Waals surface area contributed by atoms with Crippen molar-refractivity contribution < 1.29 is 9.53 Å². The molecule has 20 heavy (non-hydrogen) atoms. The van der Waals surface area contributed by atoms with E-state index in [0.29, 0.717) is 19.7 Å². The van der Waals surface area contributed by atoms with Crippen LogP contribution in [-0.2, 0) is 11.3 Å². The normalized spacial score (nSPS) is 22.9. The van der Waals surface area contributed by atoms with E-state index in [1.54, 1.807) is 0 Å². The molecule has 1 atom stereocenters. The molecule has 5 nitrogen and oxygen atoms in total. The number of para-hydroxylation sites is 1. The van der Waals surface area contributed by atoms with Crippen molar-refractivity contribution in [3.05, 3.63) is 29.8 Å². The highest BCUT2D eigenvalue weighted by Gasteiger charge is 2.38. The van der Waals surface area contributed by atoms with Crippen LogP contribution in [0.15, 0.2) is 24.3 Å². The van der Waals surface area contributed by atoms with E-state index in [9.17, 15) is 4.79 Å². The number of carbonyl (C=O) groups is 1. The van der Waals surface area contributed by atoms with Crippen molar-refractivity contribution in [2.45, 2.75) is 19.9 Å². The molecule has 4 N–H and O–H groups in total. The number of ether oxygens (including phenoxy) is 1. The summed E-state index contributed by atoms with van der Waals surface area (Å²) in [5.74, 6) is 0.626. The SMILES string of the molecule is CC1(C(N)=O)CCN(CCOc2ccccc2CN)C1. The lowest BCUT2D eigenvalue weighted by Crippen LogP contribution is -2.37. The van der Waals surface area contributed by atoms with Crippen molar-refractivity contribution >= 4 is 5.91 Å². The summed E-state index contributed by atoms with van der Waals surface area (Å²) in [6.45, 7) is 5.39. The summed E-state index contributed by atoms with van der Waals surface area (Å²) in [4.78, 5) is 13.6. The van der Waals surface area contributed by atoms with Crippen LogP contribution in [0, 0.1) is 5.41 Å². The number of hydrogen-bond acceptors (Lipinski definition) is 4. The molecule has 2 rings (SSSR count). The largest absolute Gasteiger partial charge is 0.492 e. The first-order valence-corrected chi connectivity index (χ1v) is 6.98. The van der Waals surface area contributed by atoms with Gasteiger partial charge in [-0.3, -0.25) is 9.69 Å². The van der Waals surface area contributed by atoms with Crippen LogP contribution in [0.5, 0.6) is 5.75 Å². The topological polar surface area (TPSA) is 81.6 Å². The van der Waals surface area contributed by atoms with Crippen molar-refractivity contribution in [2.24, 2.45) is 16.9 Å². The summed E-state index contributed by atoms with van der Waals surface area (Å²) >= 11 is 0. The molecule has 1 amide bonds. The monoisotopic (exact) mass is 277 g/mol. The number of amides is 1. The Labute approximate surface area is 119 Å². The number of benzene rings is 1. The number of primary amides is 1. The molecule has 110 valence electrons. The van der Waals surface area contributed by atoms with E-state index in [4.69, 9.17) is 16.2 Å². The number of nitrogens with two attached hydrogens (primary N) is 2. The number of carbonyl (C=O) groups excluding carboxylic acids is 1. The smallest absolute Gasteiger partial charge is 0.224 e. The fraction of sp³-hybridized carbons (Fsp3) is 0.533. The Morgan fingerprint density at radius 3 is 2.85 bits per heavy atom. The van der Waals surface area contributed by atoms with Gasteiger partial charge in [0.15, 0.2) is 0 Å². The van der Waals surface area contributed by atoms with E-state index in [2.05, 4.69) is 4.90 Å². The summed E-state index contributed by atoms with van der Waals surface area (Å²) in [7, 11) is 0. The van der Waals surface area contributed by atoms with Gasteiger partial charge >= 0.3 is 0 Å². The Bertz CT molecular complexity index is 478. The van der Waals surface area contributed by atoms with Gasteiger partial charge in [0.25, 0.3) is 0 Å². The minimum Gasteiger partial charge on any atom is -0.492 e. The third-order valence-corrected chi connectivity index (χ3v) is 4.00. The van der Waals surface area contributed by atoms with Gasteiger partial charge in [-0.05, 0) is 26.0 Å². The van der Waals surface area contributed by atoms with Crippen molar-refractivity contribution in [1.29, 1.82) is 0 Å². The molecule has 0 aromatic heterocycles. The summed E-state index contributed by atoms with van der Waals surface area (Å²) in [5.41, 5.74) is 11.7. The van der Waals surface area contributed by atoms with E-state index < -0.39 is 5.41 Å². The van der Waals surface area contributed by atoms with Crippen LogP contribution in [-0.4, -0.2) is 37.0 Å². The highest BCUT2D eigenvalue weighted by molar-refractivity contribution is 5.81. The van der Waals surface area contributed by atoms with E-state index in [1.807, 2.05) is 31.2 Å². The number of hydrogen-bond donors (Lipinski definition) is 2. The minimum atomic E-state index is -0.394. The second-order valence-corrected chi connectivity index (χ2v) is 5.61. The quantitative estimate of drug-likeness (QED) is 0.803. The van der Waals surface area contributed by atoms with E-state index >= 15 is 0 Å². The second-order valence-electron chi connectivity index (χ2n) is 5.61. The number of likely N-dealkylation sites (tertiary alicyclic amines) is 1. The summed E-state index contributed by atoms with van der Waals surface area (Å²) in [6.07, 6.45) is 0.821. The van der Waals surface area contributed by atoms with Gasteiger partial charge in [-0.2, -0.15) is 0 Å². The van der Waals surface area contributed by atoms with Gasteiger partial charge in [-0.25, -0.2) is 0 Å². The van der Waals surface area contributed by atoms with Gasteiger partial charge < -0.3 is 16.2 Å². The Morgan fingerprint density at radius 1 is 1.45 bits per heavy atom. The fourth-order valence-corrected chi connectivity index (χ4v) is 2.55. The molecule has 1 heterocycles. The average Bonchev–Trinajstić information content (AvgIpc) is 2.82. The summed E-state index contributed by atoms with van der Waals surface area (Å²) < 4.78 is 5.78. The highest BCUT2D eigenvalue weighted by atomic mass is 16.5. The molecule has 0 aliphatic carbocycles. The molecule has 1 aliphatic rings. The van der Waals surface area contributed by atoms with Crippen LogP contribution in [0.4, 0.5) is 0 Å². The Balaban J connectivity index is 1.81. The minimum absolute atomic E-state index is 0.214. The predicted octanol–water partition coefficient (Wildman–Crippen LogP) is 0.721. The van der Waals surface area contributed by atoms with E-state index in [0.717, 1.165) is 30.8 Å². The van der Waals surface area contributed by atoms with Crippen LogP contribution in [0.2, 0.25) is 0 Å².